The molecule has 0 aliphatic carbocycles. The van der Waals surface area contributed by atoms with Crippen LogP contribution in [0.5, 0.6) is 0 Å². The Hall–Kier alpha value is -2.25. The molecule has 0 atom stereocenters. The Morgan fingerprint density at radius 2 is 2.12 bits per heavy atom. The molecule has 4 rings (SSSR count). The lowest BCUT2D eigenvalue weighted by Gasteiger charge is -2.38. The van der Waals surface area contributed by atoms with E-state index in [0.29, 0.717) is 37.4 Å². The van der Waals surface area contributed by atoms with Gasteiger partial charge in [0.1, 0.15) is 4.88 Å². The number of amides is 1. The second-order valence-corrected chi connectivity index (χ2v) is 7.94. The number of hydrogen-bond donors (Lipinski definition) is 1. The number of carbonyl (C=O) groups is 1. The van der Waals surface area contributed by atoms with Crippen molar-refractivity contribution in [2.45, 2.75) is 38.8 Å². The van der Waals surface area contributed by atoms with E-state index in [4.69, 9.17) is 0 Å². The number of carbonyl (C=O) groups excluding carboxylic acids is 1. The highest BCUT2D eigenvalue weighted by Crippen LogP contribution is 2.29. The molecule has 6 nitrogen and oxygen atoms in total. The molecule has 1 saturated heterocycles. The number of piperidine rings is 1. The van der Waals surface area contributed by atoms with Crippen LogP contribution in [0.25, 0.3) is 10.9 Å². The van der Waals surface area contributed by atoms with Crippen LogP contribution in [0.1, 0.15) is 33.9 Å². The van der Waals surface area contributed by atoms with Crippen LogP contribution in [0.2, 0.25) is 0 Å². The number of hydrogen-bond acceptors (Lipinski definition) is 5. The molecule has 0 bridgehead atoms. The van der Waals surface area contributed by atoms with E-state index in [1.807, 2.05) is 24.1 Å². The molecule has 0 unspecified atom stereocenters. The van der Waals surface area contributed by atoms with Crippen molar-refractivity contribution in [1.82, 2.24) is 19.4 Å². The monoisotopic (exact) mass is 370 g/mol. The molecule has 0 saturated carbocycles. The van der Waals surface area contributed by atoms with Gasteiger partial charge in [0.2, 0.25) is 0 Å². The van der Waals surface area contributed by atoms with E-state index in [-0.39, 0.29) is 5.91 Å². The Morgan fingerprint density at radius 1 is 1.35 bits per heavy atom. The lowest BCUT2D eigenvalue weighted by atomic mass is 9.91. The first-order valence-corrected chi connectivity index (χ1v) is 9.66. The summed E-state index contributed by atoms with van der Waals surface area (Å²) in [5.74, 6) is 0.0267. The topological polar surface area (TPSA) is 71.2 Å². The maximum absolute atomic E-state index is 12.6. The number of rotatable bonds is 3. The summed E-state index contributed by atoms with van der Waals surface area (Å²) in [5.41, 5.74) is 3.82. The van der Waals surface area contributed by atoms with Crippen LogP contribution in [0.4, 0.5) is 0 Å². The Kier molecular flexibility index (Phi) is 4.28. The summed E-state index contributed by atoms with van der Waals surface area (Å²) in [7, 11) is 0. The van der Waals surface area contributed by atoms with E-state index in [9.17, 15) is 9.90 Å². The molecule has 3 aromatic rings. The first-order valence-electron chi connectivity index (χ1n) is 8.78. The fourth-order valence-corrected chi connectivity index (χ4v) is 4.45. The number of aromatic nitrogens is 3. The normalized spacial score (nSPS) is 17.0. The van der Waals surface area contributed by atoms with Crippen LogP contribution >= 0.6 is 11.3 Å². The van der Waals surface area contributed by atoms with E-state index in [2.05, 4.69) is 27.5 Å². The lowest BCUT2D eigenvalue weighted by molar-refractivity contribution is -0.0286. The number of fused-ring (bicyclic) bond motifs is 1. The maximum Gasteiger partial charge on any atom is 0.265 e. The molecule has 136 valence electrons. The zero-order valence-electron chi connectivity index (χ0n) is 15.0. The van der Waals surface area contributed by atoms with E-state index in [1.54, 1.807) is 11.7 Å². The average molecular weight is 370 g/mol. The van der Waals surface area contributed by atoms with Gasteiger partial charge in [-0.15, -0.1) is 11.3 Å². The van der Waals surface area contributed by atoms with E-state index >= 15 is 0 Å². The van der Waals surface area contributed by atoms with Gasteiger partial charge in [-0.25, -0.2) is 4.98 Å². The Bertz CT molecular complexity index is 954. The van der Waals surface area contributed by atoms with Crippen molar-refractivity contribution in [3.8, 4) is 0 Å². The summed E-state index contributed by atoms with van der Waals surface area (Å²) < 4.78 is 2.13. The number of aliphatic hydroxyl groups is 1. The fraction of sp³-hybridized carbons (Fsp3) is 0.421. The minimum Gasteiger partial charge on any atom is -0.388 e. The lowest BCUT2D eigenvalue weighted by Crippen LogP contribution is -2.48. The molecule has 0 aromatic carbocycles. The quantitative estimate of drug-likeness (QED) is 0.770. The van der Waals surface area contributed by atoms with Crippen molar-refractivity contribution in [1.29, 1.82) is 0 Å². The predicted octanol–water partition coefficient (Wildman–Crippen LogP) is 2.78. The van der Waals surface area contributed by atoms with Gasteiger partial charge in [0.05, 0.1) is 35.1 Å². The molecule has 1 aliphatic rings. The third kappa shape index (κ3) is 3.01. The highest BCUT2D eigenvalue weighted by Gasteiger charge is 2.35. The van der Waals surface area contributed by atoms with Gasteiger partial charge in [0.15, 0.2) is 0 Å². The second-order valence-electron chi connectivity index (χ2n) is 7.09. The van der Waals surface area contributed by atoms with Crippen molar-refractivity contribution in [2.24, 2.45) is 0 Å². The van der Waals surface area contributed by atoms with E-state index < -0.39 is 5.60 Å². The first-order chi connectivity index (χ1) is 12.5. The van der Waals surface area contributed by atoms with Gasteiger partial charge >= 0.3 is 0 Å². The molecular weight excluding hydrogens is 348 g/mol. The number of pyridine rings is 1. The van der Waals surface area contributed by atoms with Crippen LogP contribution in [0.3, 0.4) is 0 Å². The first kappa shape index (κ1) is 17.2. The van der Waals surface area contributed by atoms with Gasteiger partial charge < -0.3 is 14.6 Å². The Morgan fingerprint density at radius 3 is 2.81 bits per heavy atom. The molecule has 1 N–H and O–H groups in total. The number of likely N-dealkylation sites (tertiary alicyclic amines) is 1. The molecular formula is C19H22N4O2S. The number of nitrogens with zero attached hydrogens (tertiary/aromatic N) is 4. The third-order valence-electron chi connectivity index (χ3n) is 5.29. The number of thiazole rings is 1. The van der Waals surface area contributed by atoms with Crippen molar-refractivity contribution in [3.05, 3.63) is 46.3 Å². The van der Waals surface area contributed by atoms with Crippen LogP contribution in [0.15, 0.2) is 30.0 Å². The molecule has 1 amide bonds. The SMILES string of the molecule is Cc1ncsc1C(=O)N1CCC(O)(Cn2c(C)cc3ccncc32)CC1. The van der Waals surface area contributed by atoms with Crippen LogP contribution in [-0.2, 0) is 6.54 Å². The van der Waals surface area contributed by atoms with Crippen molar-refractivity contribution in [3.63, 3.8) is 0 Å². The minimum absolute atomic E-state index is 0.0267. The molecule has 0 radical (unpaired) electrons. The standard InChI is InChI=1S/C19H22N4O2S/c1-13-9-15-3-6-20-10-16(15)23(13)11-19(25)4-7-22(8-5-19)18(24)17-14(2)21-12-26-17/h3,6,9-10,12,25H,4-5,7-8,11H2,1-2H3. The zero-order chi connectivity index (χ0) is 18.3. The number of aryl methyl sites for hydroxylation is 2. The van der Waals surface area contributed by atoms with Crippen molar-refractivity contribution in [2.75, 3.05) is 13.1 Å². The summed E-state index contributed by atoms with van der Waals surface area (Å²) in [6.45, 7) is 5.55. The highest BCUT2D eigenvalue weighted by atomic mass is 32.1. The van der Waals surface area contributed by atoms with E-state index in [0.717, 1.165) is 22.3 Å². The molecule has 4 heterocycles. The summed E-state index contributed by atoms with van der Waals surface area (Å²) >= 11 is 1.38. The summed E-state index contributed by atoms with van der Waals surface area (Å²) in [5, 5.41) is 12.3. The van der Waals surface area contributed by atoms with Crippen LogP contribution in [0, 0.1) is 13.8 Å². The maximum atomic E-state index is 12.6. The summed E-state index contributed by atoms with van der Waals surface area (Å²) in [4.78, 5) is 23.5. The van der Waals surface area contributed by atoms with Gasteiger partial charge in [-0.2, -0.15) is 0 Å². The minimum atomic E-state index is -0.813. The van der Waals surface area contributed by atoms with Gasteiger partial charge in [0.25, 0.3) is 5.91 Å². The Labute approximate surface area is 156 Å². The van der Waals surface area contributed by atoms with Crippen LogP contribution < -0.4 is 0 Å². The van der Waals surface area contributed by atoms with Crippen LogP contribution in [-0.4, -0.2) is 49.1 Å². The molecule has 0 spiro atoms. The van der Waals surface area contributed by atoms with Gasteiger partial charge in [-0.1, -0.05) is 0 Å². The van der Waals surface area contributed by atoms with Gasteiger partial charge in [-0.05, 0) is 38.8 Å². The largest absolute Gasteiger partial charge is 0.388 e. The average Bonchev–Trinajstić information content (AvgIpc) is 3.19. The molecule has 1 fully saturated rings. The molecule has 7 heteroatoms. The fourth-order valence-electron chi connectivity index (χ4n) is 3.68. The summed E-state index contributed by atoms with van der Waals surface area (Å²) in [6.07, 6.45) is 4.76. The van der Waals surface area contributed by atoms with Crippen molar-refractivity contribution >= 4 is 28.1 Å². The predicted molar refractivity (Wildman–Crippen MR) is 101 cm³/mol. The second kappa shape index (κ2) is 6.48. The third-order valence-corrected chi connectivity index (χ3v) is 6.20. The van der Waals surface area contributed by atoms with Gasteiger partial charge in [-0.3, -0.25) is 9.78 Å². The highest BCUT2D eigenvalue weighted by molar-refractivity contribution is 7.11. The molecule has 26 heavy (non-hydrogen) atoms. The van der Waals surface area contributed by atoms with Crippen molar-refractivity contribution < 1.29 is 9.90 Å². The molecule has 3 aromatic heterocycles. The smallest absolute Gasteiger partial charge is 0.265 e. The zero-order valence-corrected chi connectivity index (χ0v) is 15.8. The van der Waals surface area contributed by atoms with E-state index in [1.165, 1.54) is 11.3 Å². The molecule has 1 aliphatic heterocycles. The summed E-state index contributed by atoms with van der Waals surface area (Å²) in [6, 6.07) is 4.10. The Balaban J connectivity index is 1.49. The van der Waals surface area contributed by atoms with Gasteiger partial charge in [0, 0.05) is 30.4 Å².